The van der Waals surface area contributed by atoms with E-state index < -0.39 is 0 Å². The van der Waals surface area contributed by atoms with Crippen LogP contribution in [0.25, 0.3) is 0 Å². The average Bonchev–Trinajstić information content (AvgIpc) is 3.30. The number of piperidine rings is 1. The van der Waals surface area contributed by atoms with Crippen molar-refractivity contribution in [3.63, 3.8) is 0 Å². The van der Waals surface area contributed by atoms with Gasteiger partial charge in [-0.15, -0.1) is 0 Å². The number of halogens is 1. The van der Waals surface area contributed by atoms with Gasteiger partial charge in [-0.05, 0) is 62.9 Å². The standard InChI is InChI=1S/C17H23FN2O/c1-19-12-13-6-10-20(11-7-13)16(21)17(8-9-17)14-2-4-15(18)5-3-14/h2-5,13,19H,6-12H2,1H3. The summed E-state index contributed by atoms with van der Waals surface area (Å²) in [6.45, 7) is 2.74. The zero-order chi connectivity index (χ0) is 14.9. The normalized spacial score (nSPS) is 21.3. The summed E-state index contributed by atoms with van der Waals surface area (Å²) in [5, 5.41) is 3.22. The molecule has 0 bridgehead atoms. The third-order valence-electron chi connectivity index (χ3n) is 4.95. The molecule has 21 heavy (non-hydrogen) atoms. The molecule has 114 valence electrons. The number of likely N-dealkylation sites (tertiary alicyclic amines) is 1. The van der Waals surface area contributed by atoms with Gasteiger partial charge in [-0.25, -0.2) is 4.39 Å². The molecule has 3 rings (SSSR count). The largest absolute Gasteiger partial charge is 0.342 e. The third kappa shape index (κ3) is 2.82. The minimum absolute atomic E-state index is 0.241. The van der Waals surface area contributed by atoms with Crippen molar-refractivity contribution < 1.29 is 9.18 Å². The van der Waals surface area contributed by atoms with E-state index in [0.29, 0.717) is 5.92 Å². The molecular formula is C17H23FN2O. The van der Waals surface area contributed by atoms with Crippen molar-refractivity contribution in [2.75, 3.05) is 26.7 Å². The second kappa shape index (κ2) is 5.76. The van der Waals surface area contributed by atoms with Gasteiger partial charge < -0.3 is 10.2 Å². The molecule has 1 aliphatic heterocycles. The molecule has 1 aliphatic carbocycles. The first-order valence-corrected chi connectivity index (χ1v) is 7.86. The monoisotopic (exact) mass is 290 g/mol. The molecule has 0 unspecified atom stereocenters. The number of carbonyl (C=O) groups is 1. The van der Waals surface area contributed by atoms with E-state index in [9.17, 15) is 9.18 Å². The van der Waals surface area contributed by atoms with E-state index in [1.165, 1.54) is 12.1 Å². The van der Waals surface area contributed by atoms with Crippen LogP contribution in [-0.4, -0.2) is 37.5 Å². The molecule has 1 saturated carbocycles. The van der Waals surface area contributed by atoms with Gasteiger partial charge in [0, 0.05) is 13.1 Å². The molecule has 3 nitrogen and oxygen atoms in total. The highest BCUT2D eigenvalue weighted by atomic mass is 19.1. The number of nitrogens with one attached hydrogen (secondary N) is 1. The van der Waals surface area contributed by atoms with Crippen molar-refractivity contribution in [1.82, 2.24) is 10.2 Å². The zero-order valence-corrected chi connectivity index (χ0v) is 12.6. The molecule has 0 spiro atoms. The van der Waals surface area contributed by atoms with Crippen LogP contribution in [0.3, 0.4) is 0 Å². The maximum atomic E-state index is 13.1. The Labute approximate surface area is 125 Å². The Kier molecular flexibility index (Phi) is 3.98. The molecule has 1 aromatic rings. The van der Waals surface area contributed by atoms with Crippen molar-refractivity contribution in [3.05, 3.63) is 35.6 Å². The van der Waals surface area contributed by atoms with E-state index >= 15 is 0 Å². The maximum absolute atomic E-state index is 13.1. The predicted molar refractivity (Wildman–Crippen MR) is 80.5 cm³/mol. The van der Waals surface area contributed by atoms with Crippen molar-refractivity contribution in [1.29, 1.82) is 0 Å². The highest BCUT2D eigenvalue weighted by Gasteiger charge is 2.53. The Morgan fingerprint density at radius 3 is 2.43 bits per heavy atom. The molecule has 0 radical (unpaired) electrons. The first kappa shape index (κ1) is 14.5. The first-order chi connectivity index (χ1) is 10.2. The van der Waals surface area contributed by atoms with Gasteiger partial charge >= 0.3 is 0 Å². The van der Waals surface area contributed by atoms with Crippen molar-refractivity contribution in [2.45, 2.75) is 31.1 Å². The van der Waals surface area contributed by atoms with E-state index in [1.807, 2.05) is 11.9 Å². The van der Waals surface area contributed by atoms with Gasteiger partial charge in [-0.3, -0.25) is 4.79 Å². The predicted octanol–water partition coefficient (Wildman–Crippen LogP) is 2.32. The number of hydrogen-bond acceptors (Lipinski definition) is 2. The highest BCUT2D eigenvalue weighted by molar-refractivity contribution is 5.91. The Balaban J connectivity index is 1.67. The van der Waals surface area contributed by atoms with Gasteiger partial charge in [0.05, 0.1) is 5.41 Å². The Morgan fingerprint density at radius 2 is 1.90 bits per heavy atom. The van der Waals surface area contributed by atoms with Crippen LogP contribution in [0.4, 0.5) is 4.39 Å². The first-order valence-electron chi connectivity index (χ1n) is 7.86. The zero-order valence-electron chi connectivity index (χ0n) is 12.6. The number of carbonyl (C=O) groups excluding carboxylic acids is 1. The molecule has 1 amide bonds. The van der Waals surface area contributed by atoms with Gasteiger partial charge in [0.15, 0.2) is 0 Å². The summed E-state index contributed by atoms with van der Waals surface area (Å²) in [6.07, 6.45) is 3.94. The van der Waals surface area contributed by atoms with Crippen LogP contribution in [0.15, 0.2) is 24.3 Å². The fraction of sp³-hybridized carbons (Fsp3) is 0.588. The molecular weight excluding hydrogens is 267 g/mol. The third-order valence-corrected chi connectivity index (χ3v) is 4.95. The lowest BCUT2D eigenvalue weighted by Gasteiger charge is -2.34. The number of benzene rings is 1. The lowest BCUT2D eigenvalue weighted by Crippen LogP contribution is -2.45. The summed E-state index contributed by atoms with van der Waals surface area (Å²) < 4.78 is 13.1. The smallest absolute Gasteiger partial charge is 0.233 e. The van der Waals surface area contributed by atoms with Gasteiger partial charge in [0.2, 0.25) is 5.91 Å². The second-order valence-corrected chi connectivity index (χ2v) is 6.38. The molecule has 4 heteroatoms. The van der Waals surface area contributed by atoms with Crippen LogP contribution in [0.1, 0.15) is 31.2 Å². The number of hydrogen-bond donors (Lipinski definition) is 1. The molecule has 1 aromatic carbocycles. The summed E-state index contributed by atoms with van der Waals surface area (Å²) in [4.78, 5) is 14.9. The topological polar surface area (TPSA) is 32.3 Å². The van der Waals surface area contributed by atoms with Gasteiger partial charge in [0.1, 0.15) is 5.82 Å². The quantitative estimate of drug-likeness (QED) is 0.923. The van der Waals surface area contributed by atoms with Crippen molar-refractivity contribution in [3.8, 4) is 0 Å². The number of nitrogens with zero attached hydrogens (tertiary/aromatic N) is 1. The van der Waals surface area contributed by atoms with E-state index in [4.69, 9.17) is 0 Å². The van der Waals surface area contributed by atoms with Crippen LogP contribution in [-0.2, 0) is 10.2 Å². The number of amides is 1. The Morgan fingerprint density at radius 1 is 1.29 bits per heavy atom. The molecule has 1 N–H and O–H groups in total. The summed E-state index contributed by atoms with van der Waals surface area (Å²) in [6, 6.07) is 6.46. The minimum Gasteiger partial charge on any atom is -0.342 e. The fourth-order valence-corrected chi connectivity index (χ4v) is 3.45. The summed E-state index contributed by atoms with van der Waals surface area (Å²) in [7, 11) is 1.98. The lowest BCUT2D eigenvalue weighted by atomic mass is 9.91. The SMILES string of the molecule is CNCC1CCN(C(=O)C2(c3ccc(F)cc3)CC2)CC1. The van der Waals surface area contributed by atoms with E-state index in [1.54, 1.807) is 12.1 Å². The van der Waals surface area contributed by atoms with E-state index in [-0.39, 0.29) is 17.1 Å². The van der Waals surface area contributed by atoms with Crippen LogP contribution in [0.5, 0.6) is 0 Å². The van der Waals surface area contributed by atoms with Gasteiger partial charge in [0.25, 0.3) is 0 Å². The van der Waals surface area contributed by atoms with Crippen molar-refractivity contribution in [2.24, 2.45) is 5.92 Å². The van der Waals surface area contributed by atoms with Crippen LogP contribution in [0.2, 0.25) is 0 Å². The summed E-state index contributed by atoms with van der Waals surface area (Å²) in [5.74, 6) is 0.687. The van der Waals surface area contributed by atoms with Crippen LogP contribution >= 0.6 is 0 Å². The maximum Gasteiger partial charge on any atom is 0.233 e. The van der Waals surface area contributed by atoms with Crippen LogP contribution in [0, 0.1) is 11.7 Å². The molecule has 1 saturated heterocycles. The number of rotatable bonds is 4. The Bertz CT molecular complexity index is 502. The molecule has 0 atom stereocenters. The van der Waals surface area contributed by atoms with Gasteiger partial charge in [-0.1, -0.05) is 12.1 Å². The van der Waals surface area contributed by atoms with Crippen molar-refractivity contribution >= 4 is 5.91 Å². The minimum atomic E-state index is -0.358. The van der Waals surface area contributed by atoms with E-state index in [0.717, 1.165) is 50.9 Å². The van der Waals surface area contributed by atoms with Gasteiger partial charge in [-0.2, -0.15) is 0 Å². The lowest BCUT2D eigenvalue weighted by molar-refractivity contribution is -0.135. The Hall–Kier alpha value is -1.42. The average molecular weight is 290 g/mol. The molecule has 0 aromatic heterocycles. The summed E-state index contributed by atoms with van der Waals surface area (Å²) in [5.41, 5.74) is 0.620. The van der Waals surface area contributed by atoms with Crippen LogP contribution < -0.4 is 5.32 Å². The summed E-state index contributed by atoms with van der Waals surface area (Å²) >= 11 is 0. The second-order valence-electron chi connectivity index (χ2n) is 6.38. The highest BCUT2D eigenvalue weighted by Crippen LogP contribution is 2.50. The molecule has 2 fully saturated rings. The molecule has 2 aliphatic rings. The molecule has 1 heterocycles. The van der Waals surface area contributed by atoms with E-state index in [2.05, 4.69) is 5.32 Å². The fourth-order valence-electron chi connectivity index (χ4n) is 3.45.